The molecule has 0 aromatic heterocycles. The largest absolute Gasteiger partial charge is 0.369 e. The van der Waals surface area contributed by atoms with Crippen molar-refractivity contribution in [3.05, 3.63) is 0 Å². The molecule has 1 rings (SSSR count). The number of ketones is 1. The van der Waals surface area contributed by atoms with Crippen molar-refractivity contribution in [2.24, 2.45) is 5.92 Å². The summed E-state index contributed by atoms with van der Waals surface area (Å²) >= 11 is 0. The molecule has 2 unspecified atom stereocenters. The predicted molar refractivity (Wildman–Crippen MR) is 52.1 cm³/mol. The molecule has 14 heavy (non-hydrogen) atoms. The molecule has 0 amide bonds. The Hall–Kier alpha value is -0.740. The molecule has 1 saturated heterocycles. The summed E-state index contributed by atoms with van der Waals surface area (Å²) in [4.78, 5) is 22.1. The lowest BCUT2D eigenvalue weighted by Crippen LogP contribution is -2.49. The zero-order valence-electron chi connectivity index (χ0n) is 8.49. The van der Waals surface area contributed by atoms with Crippen LogP contribution in [0.3, 0.4) is 0 Å². The quantitative estimate of drug-likeness (QED) is 0.389. The lowest BCUT2D eigenvalue weighted by atomic mass is 9.97. The number of piperidine rings is 1. The van der Waals surface area contributed by atoms with Crippen LogP contribution in [0.4, 0.5) is 0 Å². The van der Waals surface area contributed by atoms with Gasteiger partial charge in [0.15, 0.2) is 5.78 Å². The summed E-state index contributed by atoms with van der Waals surface area (Å²) in [6.07, 6.45) is 2.27. The van der Waals surface area contributed by atoms with E-state index in [0.29, 0.717) is 26.0 Å². The Morgan fingerprint density at radius 3 is 3.00 bits per heavy atom. The molecule has 0 bridgehead atoms. The number of nitrogens with one attached hydrogen (secondary N) is 1. The summed E-state index contributed by atoms with van der Waals surface area (Å²) in [6, 6.07) is 0. The van der Waals surface area contributed by atoms with E-state index in [9.17, 15) is 9.59 Å². The highest BCUT2D eigenvalue weighted by Gasteiger charge is 2.30. The first-order valence-corrected chi connectivity index (χ1v) is 5.11. The molecule has 0 aromatic carbocycles. The Morgan fingerprint density at radius 2 is 2.36 bits per heavy atom. The van der Waals surface area contributed by atoms with Crippen molar-refractivity contribution in [1.29, 1.82) is 0 Å². The van der Waals surface area contributed by atoms with Crippen LogP contribution in [0, 0.1) is 5.92 Å². The molecule has 0 aliphatic carbocycles. The van der Waals surface area contributed by atoms with E-state index in [1.165, 1.54) is 0 Å². The van der Waals surface area contributed by atoms with Gasteiger partial charge < -0.3 is 14.8 Å². The molecule has 4 heteroatoms. The molecule has 80 valence electrons. The van der Waals surface area contributed by atoms with Crippen LogP contribution in [-0.2, 0) is 14.3 Å². The first-order chi connectivity index (χ1) is 6.79. The second-order valence-corrected chi connectivity index (χ2v) is 3.52. The van der Waals surface area contributed by atoms with Crippen molar-refractivity contribution < 1.29 is 14.3 Å². The van der Waals surface area contributed by atoms with Crippen molar-refractivity contribution in [2.75, 3.05) is 19.7 Å². The minimum Gasteiger partial charge on any atom is -0.369 e. The summed E-state index contributed by atoms with van der Waals surface area (Å²) in [7, 11) is 0. The van der Waals surface area contributed by atoms with E-state index in [0.717, 1.165) is 12.8 Å². The highest BCUT2D eigenvalue weighted by molar-refractivity contribution is 5.97. The molecule has 1 aliphatic heterocycles. The summed E-state index contributed by atoms with van der Waals surface area (Å²) in [6.45, 7) is 3.65. The monoisotopic (exact) mass is 199 g/mol. The van der Waals surface area contributed by atoms with Crippen LogP contribution in [-0.4, -0.2) is 37.9 Å². The van der Waals surface area contributed by atoms with Crippen molar-refractivity contribution in [3.63, 3.8) is 0 Å². The van der Waals surface area contributed by atoms with Crippen LogP contribution in [0.15, 0.2) is 0 Å². The Labute approximate surface area is 84.0 Å². The van der Waals surface area contributed by atoms with Gasteiger partial charge in [0.1, 0.15) is 12.4 Å². The molecule has 0 radical (unpaired) electrons. The maximum Gasteiger partial charge on any atom is 0.174 e. The van der Waals surface area contributed by atoms with Gasteiger partial charge in [0.05, 0.1) is 5.92 Å². The highest BCUT2D eigenvalue weighted by Crippen LogP contribution is 2.08. The Morgan fingerprint density at radius 1 is 1.57 bits per heavy atom. The first kappa shape index (κ1) is 11.3. The summed E-state index contributed by atoms with van der Waals surface area (Å²) in [5.74, 6) is -0.592. The van der Waals surface area contributed by atoms with Gasteiger partial charge in [-0.25, -0.2) is 0 Å². The number of hydrogen-bond acceptors (Lipinski definition) is 4. The first-order valence-electron chi connectivity index (χ1n) is 5.11. The number of hydrogen-bond donors (Lipinski definition) is 1. The van der Waals surface area contributed by atoms with Crippen LogP contribution in [0.1, 0.15) is 19.8 Å². The third kappa shape index (κ3) is 2.89. The number of ether oxygens (including phenoxy) is 1. The van der Waals surface area contributed by atoms with E-state index in [1.807, 2.05) is 0 Å². The van der Waals surface area contributed by atoms with E-state index >= 15 is 0 Å². The molecule has 4 nitrogen and oxygen atoms in total. The molecular weight excluding hydrogens is 182 g/mol. The molecule has 1 fully saturated rings. The zero-order chi connectivity index (χ0) is 10.4. The average Bonchev–Trinajstić information content (AvgIpc) is 2.21. The zero-order valence-corrected chi connectivity index (χ0v) is 8.49. The third-order valence-electron chi connectivity index (χ3n) is 2.36. The average molecular weight is 199 g/mol. The number of carbonyl (C=O) groups is 2. The van der Waals surface area contributed by atoms with Crippen molar-refractivity contribution in [3.8, 4) is 0 Å². The lowest BCUT2D eigenvalue weighted by molar-refractivity contribution is -0.139. The van der Waals surface area contributed by atoms with Gasteiger partial charge in [-0.15, -0.1) is 0 Å². The number of Topliss-reactive ketones (excluding diaryl/α,β-unsaturated/α-hetero) is 1. The molecule has 1 aliphatic rings. The Bertz CT molecular complexity index is 206. The van der Waals surface area contributed by atoms with Crippen LogP contribution in [0.5, 0.6) is 0 Å². The fourth-order valence-electron chi connectivity index (χ4n) is 1.44. The van der Waals surface area contributed by atoms with Gasteiger partial charge in [-0.3, -0.25) is 4.79 Å². The van der Waals surface area contributed by atoms with Gasteiger partial charge in [-0.2, -0.15) is 0 Å². The molecule has 1 N–H and O–H groups in total. The van der Waals surface area contributed by atoms with E-state index < -0.39 is 12.0 Å². The van der Waals surface area contributed by atoms with Crippen molar-refractivity contribution in [2.45, 2.75) is 25.9 Å². The van der Waals surface area contributed by atoms with Gasteiger partial charge in [0.2, 0.25) is 0 Å². The van der Waals surface area contributed by atoms with Crippen molar-refractivity contribution >= 4 is 12.1 Å². The fraction of sp³-hybridized carbons (Fsp3) is 0.800. The molecule has 0 aromatic rings. The molecule has 1 heterocycles. The van der Waals surface area contributed by atoms with Crippen LogP contribution < -0.4 is 5.32 Å². The summed E-state index contributed by atoms with van der Waals surface area (Å²) in [5, 5.41) is 3.02. The Kier molecular flexibility index (Phi) is 4.76. The van der Waals surface area contributed by atoms with E-state index in [-0.39, 0.29) is 5.78 Å². The minimum absolute atomic E-state index is 0.0742. The van der Waals surface area contributed by atoms with Crippen LogP contribution in [0.25, 0.3) is 0 Å². The SMILES string of the molecule is CCCCOC1CNCC(C=O)C1=O. The molecule has 0 spiro atoms. The summed E-state index contributed by atoms with van der Waals surface area (Å²) < 4.78 is 5.40. The topological polar surface area (TPSA) is 55.4 Å². The highest BCUT2D eigenvalue weighted by atomic mass is 16.5. The summed E-state index contributed by atoms with van der Waals surface area (Å²) in [5.41, 5.74) is 0. The Balaban J connectivity index is 2.36. The number of carbonyl (C=O) groups excluding carboxylic acids is 2. The van der Waals surface area contributed by atoms with Crippen LogP contribution in [0.2, 0.25) is 0 Å². The normalized spacial score (nSPS) is 27.6. The number of unbranched alkanes of at least 4 members (excludes halogenated alkanes) is 1. The number of rotatable bonds is 5. The molecular formula is C10H17NO3. The maximum absolute atomic E-state index is 11.6. The fourth-order valence-corrected chi connectivity index (χ4v) is 1.44. The van der Waals surface area contributed by atoms with Gasteiger partial charge in [0.25, 0.3) is 0 Å². The van der Waals surface area contributed by atoms with Crippen molar-refractivity contribution in [1.82, 2.24) is 5.32 Å². The van der Waals surface area contributed by atoms with Gasteiger partial charge in [-0.1, -0.05) is 13.3 Å². The molecule has 0 saturated carbocycles. The standard InChI is InChI=1S/C10H17NO3/c1-2-3-4-14-9-6-11-5-8(7-12)10(9)13/h7-9,11H,2-6H2,1H3. The van der Waals surface area contributed by atoms with E-state index in [2.05, 4.69) is 12.2 Å². The smallest absolute Gasteiger partial charge is 0.174 e. The van der Waals surface area contributed by atoms with Crippen LogP contribution >= 0.6 is 0 Å². The van der Waals surface area contributed by atoms with E-state index in [1.54, 1.807) is 0 Å². The lowest BCUT2D eigenvalue weighted by Gasteiger charge is -2.25. The van der Waals surface area contributed by atoms with Gasteiger partial charge >= 0.3 is 0 Å². The molecule has 2 atom stereocenters. The number of aldehydes is 1. The second kappa shape index (κ2) is 5.88. The third-order valence-corrected chi connectivity index (χ3v) is 2.36. The minimum atomic E-state index is -0.518. The van der Waals surface area contributed by atoms with E-state index in [4.69, 9.17) is 4.74 Å². The van der Waals surface area contributed by atoms with Gasteiger partial charge in [-0.05, 0) is 6.42 Å². The maximum atomic E-state index is 11.6. The second-order valence-electron chi connectivity index (χ2n) is 3.52. The predicted octanol–water partition coefficient (Wildman–Crippen LogP) is 0.159. The van der Waals surface area contributed by atoms with Gasteiger partial charge in [0, 0.05) is 19.7 Å².